The number of benzene rings is 1. The van der Waals surface area contributed by atoms with Crippen LogP contribution in [0.2, 0.25) is 0 Å². The quantitative estimate of drug-likeness (QED) is 0.586. The van der Waals surface area contributed by atoms with Gasteiger partial charge < -0.3 is 15.6 Å². The molecule has 7 heteroatoms. The van der Waals surface area contributed by atoms with Crippen molar-refractivity contribution < 1.29 is 9.84 Å². The molecule has 1 atom stereocenters. The minimum atomic E-state index is -0.0172. The summed E-state index contributed by atoms with van der Waals surface area (Å²) in [7, 11) is 0. The highest BCUT2D eigenvalue weighted by Gasteiger charge is 2.23. The molecular formula is C25H31N5O2. The lowest BCUT2D eigenvalue weighted by Crippen LogP contribution is -2.34. The Kier molecular flexibility index (Phi) is 6.97. The fourth-order valence-corrected chi connectivity index (χ4v) is 4.41. The van der Waals surface area contributed by atoms with E-state index in [-0.39, 0.29) is 12.6 Å². The zero-order valence-corrected chi connectivity index (χ0v) is 18.8. The van der Waals surface area contributed by atoms with Gasteiger partial charge >= 0.3 is 0 Å². The third-order valence-electron chi connectivity index (χ3n) is 5.90. The molecule has 7 nitrogen and oxygen atoms in total. The Bertz CT molecular complexity index is 1050. The van der Waals surface area contributed by atoms with E-state index in [0.717, 1.165) is 66.3 Å². The van der Waals surface area contributed by atoms with Crippen LogP contribution in [0, 0.1) is 6.92 Å². The van der Waals surface area contributed by atoms with Crippen LogP contribution >= 0.6 is 0 Å². The Hall–Kier alpha value is -3.03. The van der Waals surface area contributed by atoms with Crippen LogP contribution < -0.4 is 10.5 Å². The summed E-state index contributed by atoms with van der Waals surface area (Å²) in [4.78, 5) is 15.6. The van der Waals surface area contributed by atoms with Crippen molar-refractivity contribution in [1.82, 2.24) is 19.9 Å². The van der Waals surface area contributed by atoms with Crippen molar-refractivity contribution in [2.24, 2.45) is 0 Å². The normalized spacial score (nSPS) is 16.8. The molecule has 0 saturated carbocycles. The fraction of sp³-hybridized carbons (Fsp3) is 0.400. The molecule has 3 aromatic rings. The first-order valence-corrected chi connectivity index (χ1v) is 11.2. The van der Waals surface area contributed by atoms with Gasteiger partial charge in [-0.3, -0.25) is 9.88 Å². The number of nitrogens with two attached hydrogens (primary N) is 1. The van der Waals surface area contributed by atoms with E-state index >= 15 is 0 Å². The van der Waals surface area contributed by atoms with Crippen LogP contribution in [0.1, 0.15) is 48.2 Å². The molecule has 1 aromatic carbocycles. The van der Waals surface area contributed by atoms with E-state index in [4.69, 9.17) is 15.5 Å². The van der Waals surface area contributed by atoms with E-state index in [9.17, 15) is 5.11 Å². The number of hydrogen-bond donors (Lipinski definition) is 2. The lowest BCUT2D eigenvalue weighted by atomic mass is 9.92. The van der Waals surface area contributed by atoms with Crippen LogP contribution in [0.3, 0.4) is 0 Å². The monoisotopic (exact) mass is 433 g/mol. The lowest BCUT2D eigenvalue weighted by Gasteiger charge is -2.33. The molecule has 168 valence electrons. The van der Waals surface area contributed by atoms with Crippen molar-refractivity contribution in [3.63, 3.8) is 0 Å². The number of hydrogen-bond acceptors (Lipinski definition) is 7. The number of pyridine rings is 1. The van der Waals surface area contributed by atoms with Crippen molar-refractivity contribution in [1.29, 1.82) is 0 Å². The third-order valence-corrected chi connectivity index (χ3v) is 5.90. The second kappa shape index (κ2) is 10.1. The number of aromatic nitrogens is 3. The van der Waals surface area contributed by atoms with Crippen LogP contribution in [-0.4, -0.2) is 44.7 Å². The molecule has 3 heterocycles. The topological polar surface area (TPSA) is 97.4 Å². The predicted octanol–water partition coefficient (Wildman–Crippen LogP) is 3.70. The molecule has 0 amide bonds. The minimum absolute atomic E-state index is 0.0172. The summed E-state index contributed by atoms with van der Waals surface area (Å²) in [5, 5.41) is 9.71. The van der Waals surface area contributed by atoms with Gasteiger partial charge in [-0.25, -0.2) is 9.97 Å². The van der Waals surface area contributed by atoms with Crippen LogP contribution in [0.4, 0.5) is 5.95 Å². The summed E-state index contributed by atoms with van der Waals surface area (Å²) in [6.45, 7) is 7.42. The van der Waals surface area contributed by atoms with Crippen molar-refractivity contribution in [3.8, 4) is 16.9 Å². The zero-order valence-electron chi connectivity index (χ0n) is 18.8. The molecule has 1 unspecified atom stereocenters. The molecule has 1 aliphatic heterocycles. The smallest absolute Gasteiger partial charge is 0.219 e. The molecule has 2 aromatic heterocycles. The van der Waals surface area contributed by atoms with E-state index < -0.39 is 0 Å². The summed E-state index contributed by atoms with van der Waals surface area (Å²) in [6, 6.07) is 10.3. The molecule has 0 bridgehead atoms. The molecule has 0 radical (unpaired) electrons. The van der Waals surface area contributed by atoms with Gasteiger partial charge in [0.05, 0.1) is 13.2 Å². The minimum Gasteiger partial charge on any atom is -0.494 e. The maximum Gasteiger partial charge on any atom is 0.219 e. The highest BCUT2D eigenvalue weighted by Crippen LogP contribution is 2.30. The van der Waals surface area contributed by atoms with Gasteiger partial charge in [0.25, 0.3) is 0 Å². The van der Waals surface area contributed by atoms with Crippen LogP contribution in [0.15, 0.2) is 42.7 Å². The number of aliphatic hydroxyl groups excluding tert-OH is 1. The number of anilines is 1. The standard InChI is InChI=1S/C25H31N5O2/c1-3-32-24-7-6-18(10-21(24)16-31)14-30-8-4-5-19(15-30)23-11-20(9-17(2)29-23)22-12-27-25(26)28-13-22/h6-7,9-13,19,31H,3-5,8,14-16H2,1-2H3,(H2,26,27,28). The lowest BCUT2D eigenvalue weighted by molar-refractivity contribution is 0.198. The van der Waals surface area contributed by atoms with Crippen molar-refractivity contribution >= 4 is 5.95 Å². The molecule has 1 aliphatic rings. The van der Waals surface area contributed by atoms with E-state index in [1.54, 1.807) is 12.4 Å². The number of ether oxygens (including phenoxy) is 1. The largest absolute Gasteiger partial charge is 0.494 e. The van der Waals surface area contributed by atoms with Crippen molar-refractivity contribution in [2.75, 3.05) is 25.4 Å². The summed E-state index contributed by atoms with van der Waals surface area (Å²) in [6.07, 6.45) is 5.78. The average molecular weight is 434 g/mol. The number of nitrogens with zero attached hydrogens (tertiary/aromatic N) is 4. The Morgan fingerprint density at radius 2 is 1.97 bits per heavy atom. The Morgan fingerprint density at radius 3 is 2.72 bits per heavy atom. The molecule has 3 N–H and O–H groups in total. The van der Waals surface area contributed by atoms with Gasteiger partial charge in [0.2, 0.25) is 5.95 Å². The second-order valence-electron chi connectivity index (χ2n) is 8.36. The van der Waals surface area contributed by atoms with Gasteiger partial charge in [-0.2, -0.15) is 0 Å². The Morgan fingerprint density at radius 1 is 1.16 bits per heavy atom. The van der Waals surface area contributed by atoms with Crippen LogP contribution in [0.25, 0.3) is 11.1 Å². The van der Waals surface area contributed by atoms with Gasteiger partial charge in [-0.05, 0) is 68.6 Å². The van der Waals surface area contributed by atoms with Crippen molar-refractivity contribution in [3.05, 3.63) is 65.2 Å². The van der Waals surface area contributed by atoms with E-state index in [2.05, 4.69) is 39.1 Å². The Labute approximate surface area is 189 Å². The maximum absolute atomic E-state index is 9.71. The summed E-state index contributed by atoms with van der Waals surface area (Å²) in [5.74, 6) is 1.41. The molecule has 32 heavy (non-hydrogen) atoms. The zero-order chi connectivity index (χ0) is 22.5. The maximum atomic E-state index is 9.71. The first-order valence-electron chi connectivity index (χ1n) is 11.2. The molecule has 1 fully saturated rings. The fourth-order valence-electron chi connectivity index (χ4n) is 4.41. The first kappa shape index (κ1) is 22.2. The highest BCUT2D eigenvalue weighted by atomic mass is 16.5. The first-order chi connectivity index (χ1) is 15.6. The molecule has 1 saturated heterocycles. The Balaban J connectivity index is 1.50. The van der Waals surface area contributed by atoms with E-state index in [1.165, 1.54) is 5.56 Å². The average Bonchev–Trinajstić information content (AvgIpc) is 2.80. The second-order valence-corrected chi connectivity index (χ2v) is 8.36. The number of rotatable bonds is 7. The van der Waals surface area contributed by atoms with E-state index in [1.807, 2.05) is 19.9 Å². The SMILES string of the molecule is CCOc1ccc(CN2CCCC(c3cc(-c4cnc(N)nc4)cc(C)n3)C2)cc1CO. The van der Waals surface area contributed by atoms with E-state index in [0.29, 0.717) is 12.5 Å². The number of aliphatic hydroxyl groups is 1. The molecule has 4 rings (SSSR count). The number of piperidine rings is 1. The number of nitrogen functional groups attached to an aromatic ring is 1. The molecule has 0 spiro atoms. The van der Waals surface area contributed by atoms with Gasteiger partial charge in [0, 0.05) is 53.9 Å². The van der Waals surface area contributed by atoms with Crippen molar-refractivity contribution in [2.45, 2.75) is 45.8 Å². The summed E-state index contributed by atoms with van der Waals surface area (Å²) >= 11 is 0. The van der Waals surface area contributed by atoms with Gasteiger partial charge in [-0.1, -0.05) is 6.07 Å². The highest BCUT2D eigenvalue weighted by molar-refractivity contribution is 5.63. The van der Waals surface area contributed by atoms with Gasteiger partial charge in [0.15, 0.2) is 0 Å². The van der Waals surface area contributed by atoms with Crippen LogP contribution in [0.5, 0.6) is 5.75 Å². The van der Waals surface area contributed by atoms with Gasteiger partial charge in [-0.15, -0.1) is 0 Å². The van der Waals surface area contributed by atoms with Gasteiger partial charge in [0.1, 0.15) is 5.75 Å². The van der Waals surface area contributed by atoms with Crippen LogP contribution in [-0.2, 0) is 13.2 Å². The summed E-state index contributed by atoms with van der Waals surface area (Å²) in [5.41, 5.74) is 11.8. The predicted molar refractivity (Wildman–Crippen MR) is 125 cm³/mol. The molecule has 0 aliphatic carbocycles. The molecular weight excluding hydrogens is 402 g/mol. The third kappa shape index (κ3) is 5.23. The summed E-state index contributed by atoms with van der Waals surface area (Å²) < 4.78 is 5.62. The number of likely N-dealkylation sites (tertiary alicyclic amines) is 1. The number of aryl methyl sites for hydroxylation is 1.